The highest BCUT2D eigenvalue weighted by atomic mass is 16.2. The van der Waals surface area contributed by atoms with Gasteiger partial charge in [-0.1, -0.05) is 0 Å². The van der Waals surface area contributed by atoms with Crippen LogP contribution in [-0.2, 0) is 4.79 Å². The molecule has 5 nitrogen and oxygen atoms in total. The molecule has 106 valence electrons. The third-order valence-electron chi connectivity index (χ3n) is 4.41. The summed E-state index contributed by atoms with van der Waals surface area (Å²) in [4.78, 5) is 34.5. The van der Waals surface area contributed by atoms with E-state index in [-0.39, 0.29) is 17.9 Å². The monoisotopic (exact) mass is 273 g/mol. The summed E-state index contributed by atoms with van der Waals surface area (Å²) in [5, 5.41) is 0. The Balaban J connectivity index is 1.82. The molecule has 2 heterocycles. The van der Waals surface area contributed by atoms with E-state index in [9.17, 15) is 9.59 Å². The molecular weight excluding hydrogens is 254 g/mol. The first-order valence-electron chi connectivity index (χ1n) is 7.37. The molecule has 0 bridgehead atoms. The van der Waals surface area contributed by atoms with Crippen molar-refractivity contribution >= 4 is 11.7 Å². The van der Waals surface area contributed by atoms with Gasteiger partial charge in [-0.3, -0.25) is 14.6 Å². The zero-order valence-corrected chi connectivity index (χ0v) is 11.5. The lowest BCUT2D eigenvalue weighted by molar-refractivity contribution is -0.122. The van der Waals surface area contributed by atoms with Gasteiger partial charge in [0.15, 0.2) is 0 Å². The van der Waals surface area contributed by atoms with Gasteiger partial charge in [-0.2, -0.15) is 0 Å². The minimum atomic E-state index is -0.0810. The number of likely N-dealkylation sites (tertiary alicyclic amines) is 1. The van der Waals surface area contributed by atoms with Crippen molar-refractivity contribution in [3.8, 4) is 0 Å². The maximum Gasteiger partial charge on any atom is 0.274 e. The first kappa shape index (κ1) is 13.2. The summed E-state index contributed by atoms with van der Waals surface area (Å²) in [6, 6.07) is 0.0632. The van der Waals surface area contributed by atoms with Gasteiger partial charge in [0.1, 0.15) is 11.5 Å². The lowest BCUT2D eigenvalue weighted by Gasteiger charge is -2.38. The number of ketones is 1. The quantitative estimate of drug-likeness (QED) is 0.825. The van der Waals surface area contributed by atoms with Crippen molar-refractivity contribution in [2.45, 2.75) is 44.6 Å². The zero-order valence-electron chi connectivity index (χ0n) is 11.5. The fraction of sp³-hybridized carbons (Fsp3) is 0.600. The van der Waals surface area contributed by atoms with Gasteiger partial charge in [0, 0.05) is 37.3 Å². The van der Waals surface area contributed by atoms with E-state index in [1.54, 1.807) is 6.20 Å². The summed E-state index contributed by atoms with van der Waals surface area (Å²) < 4.78 is 0. The van der Waals surface area contributed by atoms with Gasteiger partial charge in [-0.15, -0.1) is 0 Å². The Morgan fingerprint density at radius 3 is 2.80 bits per heavy atom. The molecule has 1 aliphatic heterocycles. The van der Waals surface area contributed by atoms with E-state index in [4.69, 9.17) is 0 Å². The maximum absolute atomic E-state index is 12.6. The van der Waals surface area contributed by atoms with Gasteiger partial charge < -0.3 is 4.90 Å². The number of piperidine rings is 1. The molecule has 2 aliphatic rings. The molecule has 1 amide bonds. The van der Waals surface area contributed by atoms with E-state index in [1.165, 1.54) is 12.4 Å². The predicted molar refractivity (Wildman–Crippen MR) is 73.1 cm³/mol. The SMILES string of the molecule is O=C1CCCC1C1CCCCN1C(=O)c1cnccn1. The molecule has 0 radical (unpaired) electrons. The maximum atomic E-state index is 12.6. The summed E-state index contributed by atoms with van der Waals surface area (Å²) in [5.74, 6) is 0.285. The third kappa shape index (κ3) is 2.44. The zero-order chi connectivity index (χ0) is 13.9. The largest absolute Gasteiger partial charge is 0.334 e. The highest BCUT2D eigenvalue weighted by Gasteiger charge is 2.39. The Hall–Kier alpha value is -1.78. The van der Waals surface area contributed by atoms with Crippen molar-refractivity contribution in [3.63, 3.8) is 0 Å². The van der Waals surface area contributed by atoms with E-state index in [1.807, 2.05) is 4.90 Å². The third-order valence-corrected chi connectivity index (χ3v) is 4.41. The number of nitrogens with zero attached hydrogens (tertiary/aromatic N) is 3. The van der Waals surface area contributed by atoms with Gasteiger partial charge >= 0.3 is 0 Å². The molecule has 3 rings (SSSR count). The van der Waals surface area contributed by atoms with Crippen molar-refractivity contribution in [2.75, 3.05) is 6.54 Å². The molecule has 2 atom stereocenters. The Kier molecular flexibility index (Phi) is 3.76. The highest BCUT2D eigenvalue weighted by Crippen LogP contribution is 2.33. The molecule has 0 aromatic carbocycles. The van der Waals surface area contributed by atoms with Crippen LogP contribution in [0.2, 0.25) is 0 Å². The Bertz CT molecular complexity index is 503. The van der Waals surface area contributed by atoms with Crippen LogP contribution < -0.4 is 0 Å². The normalized spacial score (nSPS) is 26.8. The highest BCUT2D eigenvalue weighted by molar-refractivity contribution is 5.93. The van der Waals surface area contributed by atoms with E-state index < -0.39 is 0 Å². The van der Waals surface area contributed by atoms with Crippen molar-refractivity contribution in [1.29, 1.82) is 0 Å². The Morgan fingerprint density at radius 2 is 2.10 bits per heavy atom. The number of carbonyl (C=O) groups is 2. The van der Waals surface area contributed by atoms with Crippen molar-refractivity contribution in [1.82, 2.24) is 14.9 Å². The van der Waals surface area contributed by atoms with E-state index in [0.29, 0.717) is 17.9 Å². The van der Waals surface area contributed by atoms with Crippen LogP contribution in [0, 0.1) is 5.92 Å². The van der Waals surface area contributed by atoms with Crippen molar-refractivity contribution in [3.05, 3.63) is 24.3 Å². The standard InChI is InChI=1S/C15H19N3O2/c19-14-6-3-4-11(14)13-5-1-2-9-18(13)15(20)12-10-16-7-8-17-12/h7-8,10-11,13H,1-6,9H2. The summed E-state index contributed by atoms with van der Waals surface area (Å²) in [6.45, 7) is 0.726. The summed E-state index contributed by atoms with van der Waals surface area (Å²) in [7, 11) is 0. The second-order valence-electron chi connectivity index (χ2n) is 5.62. The van der Waals surface area contributed by atoms with Crippen LogP contribution in [0.1, 0.15) is 49.0 Å². The first-order chi connectivity index (χ1) is 9.77. The van der Waals surface area contributed by atoms with Crippen molar-refractivity contribution < 1.29 is 9.59 Å². The lowest BCUT2D eigenvalue weighted by atomic mass is 9.88. The second kappa shape index (κ2) is 5.69. The minimum Gasteiger partial charge on any atom is -0.334 e. The number of amides is 1. The topological polar surface area (TPSA) is 63.2 Å². The number of aromatic nitrogens is 2. The molecule has 1 saturated carbocycles. The van der Waals surface area contributed by atoms with Crippen LogP contribution in [0.15, 0.2) is 18.6 Å². The minimum absolute atomic E-state index is 0.0379. The van der Waals surface area contributed by atoms with Crippen LogP contribution in [0.25, 0.3) is 0 Å². The Labute approximate surface area is 118 Å². The van der Waals surface area contributed by atoms with Gasteiger partial charge in [-0.25, -0.2) is 4.98 Å². The molecule has 5 heteroatoms. The number of hydrogen-bond donors (Lipinski definition) is 0. The molecule has 0 spiro atoms. The van der Waals surface area contributed by atoms with Gasteiger partial charge in [-0.05, 0) is 32.1 Å². The van der Waals surface area contributed by atoms with Crippen LogP contribution in [0.5, 0.6) is 0 Å². The van der Waals surface area contributed by atoms with Crippen LogP contribution in [0.3, 0.4) is 0 Å². The van der Waals surface area contributed by atoms with Crippen LogP contribution >= 0.6 is 0 Å². The summed E-state index contributed by atoms with van der Waals surface area (Å²) in [5.41, 5.74) is 0.379. The fourth-order valence-corrected chi connectivity index (χ4v) is 3.43. The molecule has 2 fully saturated rings. The predicted octanol–water partition coefficient (Wildman–Crippen LogP) is 1.84. The lowest BCUT2D eigenvalue weighted by Crippen LogP contribution is -2.48. The smallest absolute Gasteiger partial charge is 0.274 e. The molecule has 1 aromatic rings. The molecule has 1 aliphatic carbocycles. The van der Waals surface area contributed by atoms with Gasteiger partial charge in [0.25, 0.3) is 5.91 Å². The number of Topliss-reactive ketones (excluding diaryl/α,β-unsaturated/α-hetero) is 1. The average Bonchev–Trinajstić information content (AvgIpc) is 2.93. The average molecular weight is 273 g/mol. The summed E-state index contributed by atoms with van der Waals surface area (Å²) >= 11 is 0. The van der Waals surface area contributed by atoms with Crippen LogP contribution in [0.4, 0.5) is 0 Å². The van der Waals surface area contributed by atoms with Gasteiger partial charge in [0.2, 0.25) is 0 Å². The molecule has 0 N–H and O–H groups in total. The van der Waals surface area contributed by atoms with Crippen LogP contribution in [-0.4, -0.2) is 39.1 Å². The van der Waals surface area contributed by atoms with Crippen molar-refractivity contribution in [2.24, 2.45) is 5.92 Å². The van der Waals surface area contributed by atoms with E-state index in [0.717, 1.165) is 38.6 Å². The molecular formula is C15H19N3O2. The number of hydrogen-bond acceptors (Lipinski definition) is 4. The first-order valence-corrected chi connectivity index (χ1v) is 7.37. The molecule has 2 unspecified atom stereocenters. The number of carbonyl (C=O) groups excluding carboxylic acids is 2. The summed E-state index contributed by atoms with van der Waals surface area (Å²) in [6.07, 6.45) is 10.2. The van der Waals surface area contributed by atoms with E-state index in [2.05, 4.69) is 9.97 Å². The molecule has 1 aromatic heterocycles. The number of rotatable bonds is 2. The molecule has 20 heavy (non-hydrogen) atoms. The fourth-order valence-electron chi connectivity index (χ4n) is 3.43. The molecule has 1 saturated heterocycles. The Morgan fingerprint density at radius 1 is 1.20 bits per heavy atom. The second-order valence-corrected chi connectivity index (χ2v) is 5.62. The van der Waals surface area contributed by atoms with Gasteiger partial charge in [0.05, 0.1) is 6.20 Å². The van der Waals surface area contributed by atoms with E-state index >= 15 is 0 Å².